The normalized spacial score (nSPS) is 14.4. The van der Waals surface area contributed by atoms with Crippen molar-refractivity contribution in [2.75, 3.05) is 96.7 Å². The van der Waals surface area contributed by atoms with Crippen LogP contribution in [0.3, 0.4) is 0 Å². The standard InChI is InChI=1S/C17H42N4/c1-18(2)14-17(15-20(6,7)8,16-21(9,10)11)12-13-19(3,4)5/h1,12-16H2,2-11H3/q+4. The zero-order valence-corrected chi connectivity index (χ0v) is 16.5. The van der Waals surface area contributed by atoms with Gasteiger partial charge in [0, 0.05) is 6.42 Å². The van der Waals surface area contributed by atoms with Crippen LogP contribution >= 0.6 is 0 Å². The third-order valence-electron chi connectivity index (χ3n) is 3.54. The third-order valence-corrected chi connectivity index (χ3v) is 3.54. The van der Waals surface area contributed by atoms with Gasteiger partial charge in [-0.3, -0.25) is 0 Å². The van der Waals surface area contributed by atoms with Gasteiger partial charge in [0.05, 0.1) is 83.1 Å². The van der Waals surface area contributed by atoms with E-state index < -0.39 is 0 Å². The maximum absolute atomic E-state index is 4.14. The average Bonchev–Trinajstić information content (AvgIpc) is 2.06. The Morgan fingerprint density at radius 1 is 0.762 bits per heavy atom. The molecular formula is C17H42N4+4. The molecule has 21 heavy (non-hydrogen) atoms. The predicted octanol–water partition coefficient (Wildman–Crippen LogP) is 0.824. The molecule has 0 radical (unpaired) electrons. The lowest BCUT2D eigenvalue weighted by Gasteiger charge is -2.42. The molecule has 0 aromatic heterocycles. The smallest absolute Gasteiger partial charge is 0.158 e. The van der Waals surface area contributed by atoms with E-state index >= 15 is 0 Å². The van der Waals surface area contributed by atoms with Crippen molar-refractivity contribution >= 4 is 6.72 Å². The van der Waals surface area contributed by atoms with Crippen LogP contribution in [0.5, 0.6) is 0 Å². The first kappa shape index (κ1) is 20.6. The summed E-state index contributed by atoms with van der Waals surface area (Å²) in [7, 11) is 22.8. The molecule has 0 spiro atoms. The van der Waals surface area contributed by atoms with Crippen LogP contribution in [-0.2, 0) is 0 Å². The number of hydrogen-bond acceptors (Lipinski definition) is 0. The quantitative estimate of drug-likeness (QED) is 0.337. The van der Waals surface area contributed by atoms with E-state index in [4.69, 9.17) is 0 Å². The van der Waals surface area contributed by atoms with Crippen LogP contribution < -0.4 is 0 Å². The maximum atomic E-state index is 4.14. The van der Waals surface area contributed by atoms with Crippen LogP contribution in [0.25, 0.3) is 0 Å². The molecule has 0 saturated carbocycles. The van der Waals surface area contributed by atoms with Crippen molar-refractivity contribution in [1.29, 1.82) is 0 Å². The van der Waals surface area contributed by atoms with Crippen LogP contribution in [0.2, 0.25) is 0 Å². The summed E-state index contributed by atoms with van der Waals surface area (Å²) in [5.74, 6) is 0. The first-order valence-electron chi connectivity index (χ1n) is 7.97. The second kappa shape index (κ2) is 6.76. The zero-order valence-electron chi connectivity index (χ0n) is 16.5. The van der Waals surface area contributed by atoms with Crippen LogP contribution in [-0.4, -0.2) is 121 Å². The van der Waals surface area contributed by atoms with Gasteiger partial charge in [-0.05, 0) is 0 Å². The highest BCUT2D eigenvalue weighted by atomic mass is 15.3. The first-order chi connectivity index (χ1) is 9.04. The summed E-state index contributed by atoms with van der Waals surface area (Å²) in [5, 5.41) is 0. The zero-order chi connectivity index (χ0) is 17.1. The minimum atomic E-state index is 0.290. The van der Waals surface area contributed by atoms with Crippen molar-refractivity contribution in [2.45, 2.75) is 6.42 Å². The fourth-order valence-corrected chi connectivity index (χ4v) is 3.54. The van der Waals surface area contributed by atoms with Gasteiger partial charge in [-0.1, -0.05) is 0 Å². The van der Waals surface area contributed by atoms with Gasteiger partial charge < -0.3 is 13.4 Å². The summed E-state index contributed by atoms with van der Waals surface area (Å²) in [6, 6.07) is 0. The van der Waals surface area contributed by atoms with Crippen molar-refractivity contribution in [3.05, 3.63) is 0 Å². The molecule has 0 aliphatic heterocycles. The van der Waals surface area contributed by atoms with Crippen molar-refractivity contribution in [3.63, 3.8) is 0 Å². The van der Waals surface area contributed by atoms with Crippen LogP contribution in [0.15, 0.2) is 0 Å². The predicted molar refractivity (Wildman–Crippen MR) is 93.9 cm³/mol. The Balaban J connectivity index is 5.44. The molecule has 0 aromatic carbocycles. The lowest BCUT2D eigenvalue weighted by Crippen LogP contribution is -2.57. The molecule has 0 fully saturated rings. The fourth-order valence-electron chi connectivity index (χ4n) is 3.54. The molecule has 126 valence electrons. The second-order valence-corrected chi connectivity index (χ2v) is 10.2. The van der Waals surface area contributed by atoms with E-state index in [0.717, 1.165) is 20.0 Å². The molecule has 0 aliphatic rings. The van der Waals surface area contributed by atoms with Gasteiger partial charge >= 0.3 is 0 Å². The summed E-state index contributed by atoms with van der Waals surface area (Å²) in [6.07, 6.45) is 1.24. The highest BCUT2D eigenvalue weighted by Gasteiger charge is 2.45. The van der Waals surface area contributed by atoms with Gasteiger partial charge in [-0.2, -0.15) is 0 Å². The minimum absolute atomic E-state index is 0.290. The number of nitrogens with zero attached hydrogens (tertiary/aromatic N) is 4. The Bertz CT molecular complexity index is 323. The van der Waals surface area contributed by atoms with Gasteiger partial charge in [0.1, 0.15) is 19.2 Å². The molecule has 0 aliphatic carbocycles. The van der Waals surface area contributed by atoms with E-state index in [1.54, 1.807) is 0 Å². The number of quaternary nitrogens is 3. The summed E-state index contributed by atoms with van der Waals surface area (Å²) < 4.78 is 5.16. The van der Waals surface area contributed by atoms with E-state index in [0.29, 0.717) is 5.41 Å². The SMILES string of the molecule is C=[N+](C)CC(CC[N+](C)(C)C)(C[N+](C)(C)C)C[N+](C)(C)C. The highest BCUT2D eigenvalue weighted by molar-refractivity contribution is 5.14. The molecular weight excluding hydrogens is 260 g/mol. The molecule has 4 heteroatoms. The lowest BCUT2D eigenvalue weighted by atomic mass is 9.81. The fraction of sp³-hybridized carbons (Fsp3) is 0.941. The van der Waals surface area contributed by atoms with Gasteiger partial charge in [-0.15, -0.1) is 0 Å². The van der Waals surface area contributed by atoms with Gasteiger partial charge in [0.2, 0.25) is 0 Å². The molecule has 0 aromatic rings. The summed E-state index contributed by atoms with van der Waals surface area (Å²) in [5.41, 5.74) is 0.290. The van der Waals surface area contributed by atoms with Gasteiger partial charge in [0.25, 0.3) is 0 Å². The topological polar surface area (TPSA) is 3.01 Å². The van der Waals surface area contributed by atoms with Crippen molar-refractivity contribution in [3.8, 4) is 0 Å². The Hall–Kier alpha value is -0.450. The van der Waals surface area contributed by atoms with E-state index in [1.165, 1.54) is 26.1 Å². The summed E-state index contributed by atoms with van der Waals surface area (Å²) >= 11 is 0. The molecule has 0 atom stereocenters. The molecule has 0 amide bonds. The van der Waals surface area contributed by atoms with E-state index in [-0.39, 0.29) is 0 Å². The molecule has 0 rings (SSSR count). The van der Waals surface area contributed by atoms with Crippen molar-refractivity contribution in [2.24, 2.45) is 5.41 Å². The first-order valence-corrected chi connectivity index (χ1v) is 7.97. The molecule has 0 N–H and O–H groups in total. The van der Waals surface area contributed by atoms with Gasteiger partial charge in [0.15, 0.2) is 6.54 Å². The van der Waals surface area contributed by atoms with Gasteiger partial charge in [-0.25, -0.2) is 4.58 Å². The molecule has 0 unspecified atom stereocenters. The van der Waals surface area contributed by atoms with E-state index in [1.807, 2.05) is 0 Å². The van der Waals surface area contributed by atoms with Crippen LogP contribution in [0.4, 0.5) is 0 Å². The minimum Gasteiger partial charge on any atom is -0.331 e. The monoisotopic (exact) mass is 302 g/mol. The highest BCUT2D eigenvalue weighted by Crippen LogP contribution is 2.29. The number of hydrogen-bond donors (Lipinski definition) is 0. The molecule has 0 heterocycles. The van der Waals surface area contributed by atoms with E-state index in [2.05, 4.69) is 81.8 Å². The molecule has 0 saturated heterocycles. The Kier molecular flexibility index (Phi) is 6.61. The second-order valence-electron chi connectivity index (χ2n) is 10.2. The van der Waals surface area contributed by atoms with Crippen LogP contribution in [0, 0.1) is 5.41 Å². The number of rotatable bonds is 9. The maximum Gasteiger partial charge on any atom is 0.158 e. The molecule has 4 nitrogen and oxygen atoms in total. The Labute approximate surface area is 134 Å². The third kappa shape index (κ3) is 10.9. The summed E-state index contributed by atoms with van der Waals surface area (Å²) in [6.45, 7) is 8.76. The lowest BCUT2D eigenvalue weighted by molar-refractivity contribution is -0.908. The van der Waals surface area contributed by atoms with E-state index in [9.17, 15) is 0 Å². The Morgan fingerprint density at radius 2 is 1.14 bits per heavy atom. The largest absolute Gasteiger partial charge is 0.331 e. The van der Waals surface area contributed by atoms with Crippen LogP contribution in [0.1, 0.15) is 6.42 Å². The average molecular weight is 303 g/mol. The summed E-state index contributed by atoms with van der Waals surface area (Å²) in [4.78, 5) is 0. The molecule has 0 bridgehead atoms. The Morgan fingerprint density at radius 3 is 1.38 bits per heavy atom. The van der Waals surface area contributed by atoms with Crippen molar-refractivity contribution < 1.29 is 18.0 Å². The van der Waals surface area contributed by atoms with Crippen molar-refractivity contribution in [1.82, 2.24) is 0 Å².